The Bertz CT molecular complexity index is 1690. The van der Waals surface area contributed by atoms with Gasteiger partial charge in [0.1, 0.15) is 10.6 Å². The molecule has 0 saturated carbocycles. The van der Waals surface area contributed by atoms with Crippen LogP contribution in [0.25, 0.3) is 10.9 Å². The number of H-pyrrole nitrogens is 1. The van der Waals surface area contributed by atoms with Gasteiger partial charge >= 0.3 is 0 Å². The third-order valence-electron chi connectivity index (χ3n) is 8.54. The van der Waals surface area contributed by atoms with Gasteiger partial charge in [-0.1, -0.05) is 53.0 Å². The number of halogens is 3. The van der Waals surface area contributed by atoms with Gasteiger partial charge in [0.25, 0.3) is 0 Å². The minimum absolute atomic E-state index is 0.0114. The predicted molar refractivity (Wildman–Crippen MR) is 177 cm³/mol. The molecule has 11 heteroatoms. The molecule has 4 aromatic rings. The standard InChI is InChI=1S/C34H35Cl2FN4O3S/c1-22-3-7-25(8-4-22)45-34(33(43)38-11-2-12-40-13-15-44-16-14-40)19-31(42)41(21-23-5-10-28(36)29(37)17-23)32(34)27-20-39-30-18-24(35)6-9-26(27)30/h3-10,17-18,20,32,39H,2,11-16,19,21H2,1H3,(H,38,43)/t32-,34?/m0/s1. The zero-order valence-corrected chi connectivity index (χ0v) is 27.3. The summed E-state index contributed by atoms with van der Waals surface area (Å²) in [4.78, 5) is 36.9. The fourth-order valence-corrected chi connectivity index (χ4v) is 7.95. The molecular weight excluding hydrogens is 634 g/mol. The van der Waals surface area contributed by atoms with Gasteiger partial charge in [0, 0.05) is 58.8 Å². The normalized spacial score (nSPS) is 20.7. The number of nitrogens with one attached hydrogen (secondary N) is 2. The van der Waals surface area contributed by atoms with Crippen LogP contribution in [0.1, 0.15) is 35.6 Å². The van der Waals surface area contributed by atoms with E-state index < -0.39 is 16.6 Å². The third kappa shape index (κ3) is 6.88. The first-order valence-corrected chi connectivity index (χ1v) is 16.6. The fraction of sp³-hybridized carbons (Fsp3) is 0.353. The van der Waals surface area contributed by atoms with Crippen molar-refractivity contribution in [1.29, 1.82) is 0 Å². The van der Waals surface area contributed by atoms with Crippen LogP contribution in [0.3, 0.4) is 0 Å². The molecular formula is C34H35Cl2FN4O3S. The Balaban J connectivity index is 1.40. The number of carbonyl (C=O) groups is 2. The van der Waals surface area contributed by atoms with E-state index in [-0.39, 0.29) is 29.8 Å². The zero-order chi connectivity index (χ0) is 31.6. The topological polar surface area (TPSA) is 77.7 Å². The quantitative estimate of drug-likeness (QED) is 0.183. The summed E-state index contributed by atoms with van der Waals surface area (Å²) >= 11 is 13.7. The van der Waals surface area contributed by atoms with Gasteiger partial charge in [-0.25, -0.2) is 4.39 Å². The lowest BCUT2D eigenvalue weighted by Crippen LogP contribution is -2.48. The number of rotatable bonds is 10. The van der Waals surface area contributed by atoms with Crippen molar-refractivity contribution in [1.82, 2.24) is 20.1 Å². The Hall–Kier alpha value is -3.08. The maximum Gasteiger partial charge on any atom is 0.239 e. The number of nitrogens with zero attached hydrogens (tertiary/aromatic N) is 2. The number of benzene rings is 3. The second kappa shape index (κ2) is 13.7. The maximum atomic E-state index is 14.6. The summed E-state index contributed by atoms with van der Waals surface area (Å²) in [5.74, 6) is -0.958. The summed E-state index contributed by atoms with van der Waals surface area (Å²) in [5.41, 5.74) is 3.28. The van der Waals surface area contributed by atoms with Gasteiger partial charge in [0.15, 0.2) is 0 Å². The lowest BCUT2D eigenvalue weighted by molar-refractivity contribution is -0.129. The van der Waals surface area contributed by atoms with Crippen LogP contribution >= 0.6 is 35.0 Å². The molecule has 2 N–H and O–H groups in total. The van der Waals surface area contributed by atoms with Crippen LogP contribution in [0.2, 0.25) is 10.0 Å². The van der Waals surface area contributed by atoms with Gasteiger partial charge in [0.05, 0.1) is 30.7 Å². The molecule has 2 fully saturated rings. The minimum atomic E-state index is -1.22. The van der Waals surface area contributed by atoms with E-state index in [4.69, 9.17) is 27.9 Å². The first-order valence-electron chi connectivity index (χ1n) is 15.1. The van der Waals surface area contributed by atoms with E-state index in [1.165, 1.54) is 23.9 Å². The van der Waals surface area contributed by atoms with Crippen molar-refractivity contribution in [3.8, 4) is 0 Å². The molecule has 7 nitrogen and oxygen atoms in total. The first kappa shape index (κ1) is 31.9. The molecule has 0 radical (unpaired) electrons. The number of aromatic amines is 1. The number of aryl methyl sites for hydroxylation is 1. The number of fused-ring (bicyclic) bond motifs is 1. The van der Waals surface area contributed by atoms with E-state index in [0.29, 0.717) is 17.1 Å². The lowest BCUT2D eigenvalue weighted by atomic mass is 9.91. The summed E-state index contributed by atoms with van der Waals surface area (Å²) < 4.78 is 18.8. The number of thioether (sulfide) groups is 1. The highest BCUT2D eigenvalue weighted by molar-refractivity contribution is 8.01. The number of morpholine rings is 1. The van der Waals surface area contributed by atoms with Crippen molar-refractivity contribution < 1.29 is 18.7 Å². The Morgan fingerprint density at radius 3 is 2.64 bits per heavy atom. The number of aromatic nitrogens is 1. The van der Waals surface area contributed by atoms with E-state index in [0.717, 1.165) is 66.2 Å². The smallest absolute Gasteiger partial charge is 0.239 e. The third-order valence-corrected chi connectivity index (χ3v) is 10.5. The van der Waals surface area contributed by atoms with Crippen molar-refractivity contribution in [3.63, 3.8) is 0 Å². The summed E-state index contributed by atoms with van der Waals surface area (Å²) in [6.45, 7) is 6.63. The Morgan fingerprint density at radius 2 is 1.89 bits per heavy atom. The van der Waals surface area contributed by atoms with E-state index >= 15 is 0 Å². The van der Waals surface area contributed by atoms with E-state index in [9.17, 15) is 14.0 Å². The van der Waals surface area contributed by atoms with Crippen molar-refractivity contribution in [2.24, 2.45) is 0 Å². The highest BCUT2D eigenvalue weighted by Gasteiger charge is 2.58. The van der Waals surface area contributed by atoms with Gasteiger partial charge in [-0.15, -0.1) is 11.8 Å². The molecule has 0 aliphatic carbocycles. The van der Waals surface area contributed by atoms with Crippen LogP contribution in [-0.2, 0) is 20.9 Å². The van der Waals surface area contributed by atoms with Gasteiger partial charge < -0.3 is 19.9 Å². The Labute approximate surface area is 276 Å². The number of ether oxygens (including phenoxy) is 1. The van der Waals surface area contributed by atoms with Crippen LogP contribution in [0.4, 0.5) is 4.39 Å². The average molecular weight is 670 g/mol. The van der Waals surface area contributed by atoms with Crippen LogP contribution in [0, 0.1) is 12.7 Å². The molecule has 0 spiro atoms. The SMILES string of the molecule is Cc1ccc(SC2(C(=O)NCCCN3CCOCC3)CC(=O)N(Cc3ccc(Cl)c(F)c3)[C@H]2c2c[nH]c3cc(Cl)ccc23)cc1. The summed E-state index contributed by atoms with van der Waals surface area (Å²) in [6.07, 6.45) is 2.60. The monoisotopic (exact) mass is 668 g/mol. The van der Waals surface area contributed by atoms with Crippen molar-refractivity contribution >= 4 is 57.7 Å². The van der Waals surface area contributed by atoms with Crippen LogP contribution in [0.15, 0.2) is 71.8 Å². The number of likely N-dealkylation sites (tertiary alicyclic amines) is 1. The number of amides is 2. The van der Waals surface area contributed by atoms with Gasteiger partial charge in [0.2, 0.25) is 11.8 Å². The molecule has 236 valence electrons. The van der Waals surface area contributed by atoms with E-state index in [1.807, 2.05) is 49.5 Å². The van der Waals surface area contributed by atoms with Crippen molar-refractivity contribution in [3.05, 3.63) is 99.4 Å². The maximum absolute atomic E-state index is 14.6. The minimum Gasteiger partial charge on any atom is -0.379 e. The van der Waals surface area contributed by atoms with Crippen LogP contribution in [0.5, 0.6) is 0 Å². The predicted octanol–water partition coefficient (Wildman–Crippen LogP) is 6.77. The lowest BCUT2D eigenvalue weighted by Gasteiger charge is -2.36. The number of hydrogen-bond donors (Lipinski definition) is 2. The largest absolute Gasteiger partial charge is 0.379 e. The van der Waals surface area contributed by atoms with Crippen LogP contribution in [-0.4, -0.2) is 70.7 Å². The molecule has 2 saturated heterocycles. The molecule has 3 aromatic carbocycles. The van der Waals surface area contributed by atoms with Crippen molar-refractivity contribution in [2.75, 3.05) is 39.4 Å². The van der Waals surface area contributed by atoms with Gasteiger partial charge in [-0.05, 0) is 61.9 Å². The van der Waals surface area contributed by atoms with E-state index in [1.54, 1.807) is 17.0 Å². The zero-order valence-electron chi connectivity index (χ0n) is 25.0. The average Bonchev–Trinajstić information content (AvgIpc) is 3.56. The summed E-state index contributed by atoms with van der Waals surface area (Å²) in [5, 5.41) is 4.65. The first-order chi connectivity index (χ1) is 21.7. The molecule has 2 aliphatic heterocycles. The summed E-state index contributed by atoms with van der Waals surface area (Å²) in [6, 6.07) is 17.4. The highest BCUT2D eigenvalue weighted by atomic mass is 35.5. The molecule has 2 aliphatic rings. The number of carbonyl (C=O) groups excluding carboxylic acids is 2. The highest BCUT2D eigenvalue weighted by Crippen LogP contribution is 2.54. The van der Waals surface area contributed by atoms with E-state index in [2.05, 4.69) is 15.2 Å². The number of hydrogen-bond acceptors (Lipinski definition) is 5. The molecule has 2 atom stereocenters. The summed E-state index contributed by atoms with van der Waals surface area (Å²) in [7, 11) is 0. The fourth-order valence-electron chi connectivity index (χ4n) is 6.24. The second-order valence-electron chi connectivity index (χ2n) is 11.7. The molecule has 45 heavy (non-hydrogen) atoms. The van der Waals surface area contributed by atoms with Crippen molar-refractivity contribution in [2.45, 2.75) is 42.0 Å². The molecule has 0 bridgehead atoms. The molecule has 3 heterocycles. The van der Waals surface area contributed by atoms with Gasteiger partial charge in [-0.3, -0.25) is 14.5 Å². The Kier molecular flexibility index (Phi) is 9.73. The van der Waals surface area contributed by atoms with Crippen LogP contribution < -0.4 is 5.32 Å². The Morgan fingerprint density at radius 1 is 1.11 bits per heavy atom. The molecule has 6 rings (SSSR count). The van der Waals surface area contributed by atoms with Gasteiger partial charge in [-0.2, -0.15) is 0 Å². The molecule has 1 aromatic heterocycles. The molecule has 2 amide bonds. The second-order valence-corrected chi connectivity index (χ2v) is 13.9. The molecule has 1 unspecified atom stereocenters.